The largest absolute Gasteiger partial charge is 0.484 e. The molecular formula is C18H23N3O2S. The fourth-order valence-electron chi connectivity index (χ4n) is 2.21. The molecule has 0 saturated carbocycles. The van der Waals surface area contributed by atoms with Crippen LogP contribution in [0, 0.1) is 0 Å². The molecule has 1 unspecified atom stereocenters. The molecule has 0 radical (unpaired) electrons. The van der Waals surface area contributed by atoms with Crippen molar-refractivity contribution in [1.82, 2.24) is 10.2 Å². The molecule has 0 aliphatic heterocycles. The fraction of sp³-hybridized carbons (Fsp3) is 0.333. The minimum absolute atomic E-state index is 0.0933. The molecular weight excluding hydrogens is 322 g/mol. The van der Waals surface area contributed by atoms with Crippen molar-refractivity contribution < 1.29 is 9.53 Å². The second-order valence-electron chi connectivity index (χ2n) is 5.53. The molecule has 0 aliphatic carbocycles. The molecule has 1 heterocycles. The highest BCUT2D eigenvalue weighted by Crippen LogP contribution is 2.33. The average molecular weight is 345 g/mol. The molecule has 0 spiro atoms. The summed E-state index contributed by atoms with van der Waals surface area (Å²) >= 11 is 1.66. The Morgan fingerprint density at radius 2 is 2.17 bits per heavy atom. The van der Waals surface area contributed by atoms with Crippen molar-refractivity contribution in [3.05, 3.63) is 46.2 Å². The van der Waals surface area contributed by atoms with Gasteiger partial charge in [0.15, 0.2) is 6.29 Å². The normalized spacial score (nSPS) is 12.3. The first-order valence-corrected chi connectivity index (χ1v) is 8.67. The van der Waals surface area contributed by atoms with E-state index in [-0.39, 0.29) is 6.10 Å². The summed E-state index contributed by atoms with van der Waals surface area (Å²) < 4.78 is 6.18. The summed E-state index contributed by atoms with van der Waals surface area (Å²) in [5, 5.41) is 5.18. The summed E-state index contributed by atoms with van der Waals surface area (Å²) in [5.41, 5.74) is 1.08. The number of benzene rings is 1. The molecule has 0 aliphatic rings. The molecule has 5 nitrogen and oxygen atoms in total. The summed E-state index contributed by atoms with van der Waals surface area (Å²) in [6, 6.07) is 9.55. The lowest BCUT2D eigenvalue weighted by Gasteiger charge is -2.19. The van der Waals surface area contributed by atoms with Crippen LogP contribution in [0.2, 0.25) is 0 Å². The van der Waals surface area contributed by atoms with Gasteiger partial charge in [-0.25, -0.2) is 4.99 Å². The molecule has 0 fully saturated rings. The predicted octanol–water partition coefficient (Wildman–Crippen LogP) is 3.51. The second kappa shape index (κ2) is 9.20. The number of aliphatic imine (C=N–C) groups is 1. The van der Waals surface area contributed by atoms with Gasteiger partial charge in [-0.3, -0.25) is 4.79 Å². The van der Waals surface area contributed by atoms with Gasteiger partial charge < -0.3 is 15.0 Å². The summed E-state index contributed by atoms with van der Waals surface area (Å²) in [7, 11) is 5.68. The van der Waals surface area contributed by atoms with Gasteiger partial charge in [0.1, 0.15) is 11.9 Å². The number of hydrogen-bond donors (Lipinski definition) is 1. The standard InChI is InChI=1S/C18H23N3O2S/c1-19-10-9-17(18-8-5-11-24-18)23-16-7-4-6-15(14(16)12-22)20-13-21(2)3/h4-8,11-13,17,19H,9-10H2,1-3H3. The lowest BCUT2D eigenvalue weighted by atomic mass is 10.1. The van der Waals surface area contributed by atoms with Crippen molar-refractivity contribution in [3.63, 3.8) is 0 Å². The molecule has 0 saturated heterocycles. The summed E-state index contributed by atoms with van der Waals surface area (Å²) in [6.45, 7) is 0.831. The quantitative estimate of drug-likeness (QED) is 0.429. The van der Waals surface area contributed by atoms with E-state index in [1.807, 2.05) is 55.7 Å². The zero-order valence-corrected chi connectivity index (χ0v) is 15.0. The average Bonchev–Trinajstić information content (AvgIpc) is 3.11. The van der Waals surface area contributed by atoms with Crippen LogP contribution >= 0.6 is 11.3 Å². The Hall–Kier alpha value is -2.18. The van der Waals surface area contributed by atoms with Gasteiger partial charge in [-0.2, -0.15) is 0 Å². The molecule has 128 valence electrons. The van der Waals surface area contributed by atoms with E-state index in [1.54, 1.807) is 17.7 Å². The Bertz CT molecular complexity index is 669. The summed E-state index contributed by atoms with van der Waals surface area (Å²) in [6.07, 6.45) is 3.20. The topological polar surface area (TPSA) is 53.9 Å². The molecule has 2 aromatic rings. The first-order valence-electron chi connectivity index (χ1n) is 7.79. The van der Waals surface area contributed by atoms with Crippen LogP contribution in [0.15, 0.2) is 40.7 Å². The lowest BCUT2D eigenvalue weighted by molar-refractivity contribution is 0.111. The number of thiophene rings is 1. The summed E-state index contributed by atoms with van der Waals surface area (Å²) in [5.74, 6) is 0.563. The van der Waals surface area contributed by atoms with Crippen molar-refractivity contribution in [2.24, 2.45) is 4.99 Å². The molecule has 1 atom stereocenters. The number of carbonyl (C=O) groups excluding carboxylic acids is 1. The number of rotatable bonds is 9. The molecule has 2 rings (SSSR count). The van der Waals surface area contributed by atoms with Crippen molar-refractivity contribution in [3.8, 4) is 5.75 Å². The molecule has 24 heavy (non-hydrogen) atoms. The van der Waals surface area contributed by atoms with E-state index in [2.05, 4.69) is 16.4 Å². The van der Waals surface area contributed by atoms with Crippen LogP contribution in [0.25, 0.3) is 0 Å². The Morgan fingerprint density at radius 1 is 1.33 bits per heavy atom. The maximum Gasteiger partial charge on any atom is 0.155 e. The van der Waals surface area contributed by atoms with Crippen LogP contribution in [-0.4, -0.2) is 45.2 Å². The van der Waals surface area contributed by atoms with Crippen molar-refractivity contribution in [2.45, 2.75) is 12.5 Å². The molecule has 0 amide bonds. The fourth-order valence-corrected chi connectivity index (χ4v) is 3.00. The predicted molar refractivity (Wildman–Crippen MR) is 99.9 cm³/mol. The number of nitrogens with zero attached hydrogens (tertiary/aromatic N) is 2. The van der Waals surface area contributed by atoms with Gasteiger partial charge in [0.25, 0.3) is 0 Å². The number of nitrogens with one attached hydrogen (secondary N) is 1. The first kappa shape index (κ1) is 18.2. The van der Waals surface area contributed by atoms with Crippen molar-refractivity contribution in [2.75, 3.05) is 27.7 Å². The Labute approximate surface area is 147 Å². The van der Waals surface area contributed by atoms with Crippen LogP contribution in [-0.2, 0) is 0 Å². The van der Waals surface area contributed by atoms with Crippen LogP contribution in [0.4, 0.5) is 5.69 Å². The van der Waals surface area contributed by atoms with E-state index in [4.69, 9.17) is 4.74 Å². The molecule has 1 N–H and O–H groups in total. The Kier molecular flexibility index (Phi) is 6.96. The third kappa shape index (κ3) is 4.91. The van der Waals surface area contributed by atoms with Crippen molar-refractivity contribution >= 4 is 29.6 Å². The number of ether oxygens (including phenoxy) is 1. The SMILES string of the molecule is CNCCC(Oc1cccc(N=CN(C)C)c1C=O)c1cccs1. The zero-order chi connectivity index (χ0) is 17.4. The third-order valence-electron chi connectivity index (χ3n) is 3.37. The van der Waals surface area contributed by atoms with Crippen molar-refractivity contribution in [1.29, 1.82) is 0 Å². The summed E-state index contributed by atoms with van der Waals surface area (Å²) in [4.78, 5) is 18.9. The highest BCUT2D eigenvalue weighted by atomic mass is 32.1. The monoisotopic (exact) mass is 345 g/mol. The van der Waals surface area contributed by atoms with Crippen LogP contribution in [0.5, 0.6) is 5.75 Å². The van der Waals surface area contributed by atoms with E-state index in [0.29, 0.717) is 17.0 Å². The maximum absolute atomic E-state index is 11.6. The second-order valence-corrected chi connectivity index (χ2v) is 6.51. The van der Waals surface area contributed by atoms with Gasteiger partial charge in [0, 0.05) is 25.4 Å². The number of carbonyl (C=O) groups is 1. The van der Waals surface area contributed by atoms with Gasteiger partial charge >= 0.3 is 0 Å². The highest BCUT2D eigenvalue weighted by Gasteiger charge is 2.17. The van der Waals surface area contributed by atoms with E-state index >= 15 is 0 Å². The minimum Gasteiger partial charge on any atom is -0.484 e. The van der Waals surface area contributed by atoms with Crippen LogP contribution in [0.1, 0.15) is 27.8 Å². The zero-order valence-electron chi connectivity index (χ0n) is 14.2. The van der Waals surface area contributed by atoms with Gasteiger partial charge in [-0.15, -0.1) is 11.3 Å². The smallest absolute Gasteiger partial charge is 0.155 e. The van der Waals surface area contributed by atoms with Gasteiger partial charge in [-0.1, -0.05) is 12.1 Å². The van der Waals surface area contributed by atoms with E-state index in [0.717, 1.165) is 24.1 Å². The van der Waals surface area contributed by atoms with E-state index in [9.17, 15) is 4.79 Å². The van der Waals surface area contributed by atoms with Gasteiger partial charge in [0.05, 0.1) is 17.6 Å². The van der Waals surface area contributed by atoms with Gasteiger partial charge in [-0.05, 0) is 37.2 Å². The minimum atomic E-state index is -0.0933. The van der Waals surface area contributed by atoms with Gasteiger partial charge in [0.2, 0.25) is 0 Å². The number of aldehydes is 1. The molecule has 0 bridgehead atoms. The molecule has 1 aromatic heterocycles. The van der Waals surface area contributed by atoms with E-state index in [1.165, 1.54) is 0 Å². The molecule has 6 heteroatoms. The Balaban J connectivity index is 2.29. The van der Waals surface area contributed by atoms with Crippen LogP contribution in [0.3, 0.4) is 0 Å². The number of hydrogen-bond acceptors (Lipinski definition) is 5. The first-order chi connectivity index (χ1) is 11.7. The van der Waals surface area contributed by atoms with E-state index < -0.39 is 0 Å². The highest BCUT2D eigenvalue weighted by molar-refractivity contribution is 7.10. The molecule has 1 aromatic carbocycles. The maximum atomic E-state index is 11.6. The third-order valence-corrected chi connectivity index (χ3v) is 4.34. The lowest BCUT2D eigenvalue weighted by Crippen LogP contribution is -2.16. The Morgan fingerprint density at radius 3 is 2.79 bits per heavy atom. The van der Waals surface area contributed by atoms with Crippen LogP contribution < -0.4 is 10.1 Å².